The van der Waals surface area contributed by atoms with Gasteiger partial charge in [-0.05, 0) is 45.2 Å². The van der Waals surface area contributed by atoms with Gasteiger partial charge in [0, 0.05) is 6.04 Å². The van der Waals surface area contributed by atoms with E-state index in [0.29, 0.717) is 11.9 Å². The third kappa shape index (κ3) is 3.25. The number of hydrogen-bond acceptors (Lipinski definition) is 2. The molecule has 2 rings (SSSR count). The summed E-state index contributed by atoms with van der Waals surface area (Å²) in [4.78, 5) is 12.6. The van der Waals surface area contributed by atoms with Crippen molar-refractivity contribution in [3.8, 4) is 0 Å². The molecule has 0 spiro atoms. The Morgan fingerprint density at radius 1 is 1.17 bits per heavy atom. The first-order chi connectivity index (χ1) is 8.77. The van der Waals surface area contributed by atoms with E-state index in [4.69, 9.17) is 0 Å². The summed E-state index contributed by atoms with van der Waals surface area (Å²) in [6.45, 7) is 4.15. The topological polar surface area (TPSA) is 41.1 Å². The maximum Gasteiger partial charge on any atom is 0.226 e. The largest absolute Gasteiger partial charge is 0.353 e. The summed E-state index contributed by atoms with van der Waals surface area (Å²) in [5, 5.41) is 6.72. The van der Waals surface area contributed by atoms with Gasteiger partial charge in [0.2, 0.25) is 5.91 Å². The number of carbonyl (C=O) groups is 1. The lowest BCUT2D eigenvalue weighted by atomic mass is 9.75. The van der Waals surface area contributed by atoms with Crippen LogP contribution in [-0.2, 0) is 4.79 Å². The Morgan fingerprint density at radius 2 is 1.78 bits per heavy atom. The molecule has 0 aromatic heterocycles. The van der Waals surface area contributed by atoms with Gasteiger partial charge in [-0.25, -0.2) is 0 Å². The summed E-state index contributed by atoms with van der Waals surface area (Å²) >= 11 is 0. The van der Waals surface area contributed by atoms with E-state index >= 15 is 0 Å². The molecule has 2 aliphatic rings. The van der Waals surface area contributed by atoms with Gasteiger partial charge in [-0.2, -0.15) is 0 Å². The standard InChI is InChI=1S/C15H28N2O/c1-2-15(9-11-16-12-10-15)14(18)17-13-7-5-3-4-6-8-13/h13,16H,2-12H2,1H3,(H,17,18). The van der Waals surface area contributed by atoms with Crippen LogP contribution in [0.5, 0.6) is 0 Å². The summed E-state index contributed by atoms with van der Waals surface area (Å²) in [5.41, 5.74) is -0.0858. The van der Waals surface area contributed by atoms with Crippen molar-refractivity contribution in [3.05, 3.63) is 0 Å². The van der Waals surface area contributed by atoms with Crippen molar-refractivity contribution in [2.75, 3.05) is 13.1 Å². The molecule has 0 atom stereocenters. The van der Waals surface area contributed by atoms with E-state index in [9.17, 15) is 4.79 Å². The van der Waals surface area contributed by atoms with E-state index in [1.165, 1.54) is 38.5 Å². The zero-order valence-corrected chi connectivity index (χ0v) is 11.8. The van der Waals surface area contributed by atoms with Crippen LogP contribution in [0.15, 0.2) is 0 Å². The lowest BCUT2D eigenvalue weighted by Crippen LogP contribution is -2.50. The molecular weight excluding hydrogens is 224 g/mol. The fourth-order valence-electron chi connectivity index (χ4n) is 3.41. The quantitative estimate of drug-likeness (QED) is 0.758. The average Bonchev–Trinajstić information content (AvgIpc) is 2.68. The predicted molar refractivity (Wildman–Crippen MR) is 74.5 cm³/mol. The van der Waals surface area contributed by atoms with Crippen LogP contribution in [0.3, 0.4) is 0 Å². The van der Waals surface area contributed by atoms with Gasteiger partial charge in [-0.15, -0.1) is 0 Å². The fourth-order valence-corrected chi connectivity index (χ4v) is 3.41. The van der Waals surface area contributed by atoms with Crippen molar-refractivity contribution in [1.29, 1.82) is 0 Å². The van der Waals surface area contributed by atoms with Gasteiger partial charge in [0.25, 0.3) is 0 Å². The monoisotopic (exact) mass is 252 g/mol. The van der Waals surface area contributed by atoms with Gasteiger partial charge in [0.05, 0.1) is 5.41 Å². The number of amides is 1. The summed E-state index contributed by atoms with van der Waals surface area (Å²) in [6, 6.07) is 0.443. The summed E-state index contributed by atoms with van der Waals surface area (Å²) in [7, 11) is 0. The van der Waals surface area contributed by atoms with Gasteiger partial charge in [-0.1, -0.05) is 32.6 Å². The second-order valence-corrected chi connectivity index (χ2v) is 6.05. The number of piperidine rings is 1. The van der Waals surface area contributed by atoms with Gasteiger partial charge in [0.15, 0.2) is 0 Å². The first kappa shape index (κ1) is 13.9. The zero-order chi connectivity index (χ0) is 12.8. The van der Waals surface area contributed by atoms with Crippen molar-refractivity contribution in [1.82, 2.24) is 10.6 Å². The van der Waals surface area contributed by atoms with Gasteiger partial charge >= 0.3 is 0 Å². The van der Waals surface area contributed by atoms with E-state index < -0.39 is 0 Å². The highest BCUT2D eigenvalue weighted by Crippen LogP contribution is 2.33. The predicted octanol–water partition coefficient (Wildman–Crippen LogP) is 2.61. The molecule has 3 nitrogen and oxygen atoms in total. The number of carbonyl (C=O) groups excluding carboxylic acids is 1. The highest BCUT2D eigenvalue weighted by Gasteiger charge is 2.38. The first-order valence-electron chi connectivity index (χ1n) is 7.78. The molecule has 1 amide bonds. The minimum absolute atomic E-state index is 0.0858. The summed E-state index contributed by atoms with van der Waals surface area (Å²) in [6.07, 6.45) is 10.6. The van der Waals surface area contributed by atoms with Crippen LogP contribution in [0.4, 0.5) is 0 Å². The van der Waals surface area contributed by atoms with E-state index in [0.717, 1.165) is 32.4 Å². The van der Waals surface area contributed by atoms with Crippen molar-refractivity contribution < 1.29 is 4.79 Å². The minimum Gasteiger partial charge on any atom is -0.353 e. The molecule has 104 valence electrons. The third-order valence-corrected chi connectivity index (χ3v) is 4.91. The van der Waals surface area contributed by atoms with Crippen LogP contribution in [0.2, 0.25) is 0 Å². The highest BCUT2D eigenvalue weighted by atomic mass is 16.2. The molecule has 1 aliphatic heterocycles. The zero-order valence-electron chi connectivity index (χ0n) is 11.8. The lowest BCUT2D eigenvalue weighted by molar-refractivity contribution is -0.133. The first-order valence-corrected chi connectivity index (χ1v) is 7.78. The van der Waals surface area contributed by atoms with Crippen LogP contribution in [0.25, 0.3) is 0 Å². The molecule has 3 heteroatoms. The Kier molecular flexibility index (Phi) is 5.04. The molecule has 0 aromatic carbocycles. The minimum atomic E-state index is -0.0858. The van der Waals surface area contributed by atoms with Crippen molar-refractivity contribution in [3.63, 3.8) is 0 Å². The smallest absolute Gasteiger partial charge is 0.226 e. The second kappa shape index (κ2) is 6.55. The summed E-state index contributed by atoms with van der Waals surface area (Å²) in [5.74, 6) is 0.332. The average molecular weight is 252 g/mol. The molecule has 0 aromatic rings. The Balaban J connectivity index is 1.91. The Bertz CT molecular complexity index is 264. The molecule has 0 radical (unpaired) electrons. The van der Waals surface area contributed by atoms with E-state index in [1.54, 1.807) is 0 Å². The lowest BCUT2D eigenvalue weighted by Gasteiger charge is -2.36. The Hall–Kier alpha value is -0.570. The second-order valence-electron chi connectivity index (χ2n) is 6.05. The molecule has 0 bridgehead atoms. The van der Waals surface area contributed by atoms with Gasteiger partial charge < -0.3 is 10.6 Å². The van der Waals surface area contributed by atoms with E-state index in [2.05, 4.69) is 17.6 Å². The Morgan fingerprint density at radius 3 is 2.33 bits per heavy atom. The normalized spacial score (nSPS) is 25.4. The van der Waals surface area contributed by atoms with Crippen LogP contribution < -0.4 is 10.6 Å². The Labute approximate surface area is 111 Å². The van der Waals surface area contributed by atoms with Crippen LogP contribution in [0, 0.1) is 5.41 Å². The maximum absolute atomic E-state index is 12.6. The maximum atomic E-state index is 12.6. The van der Waals surface area contributed by atoms with Gasteiger partial charge in [0.1, 0.15) is 0 Å². The summed E-state index contributed by atoms with van der Waals surface area (Å²) < 4.78 is 0. The number of rotatable bonds is 3. The molecule has 0 unspecified atom stereocenters. The SMILES string of the molecule is CCC1(C(=O)NC2CCCCCC2)CCNCC1. The molecule has 2 N–H and O–H groups in total. The van der Waals surface area contributed by atoms with Crippen LogP contribution >= 0.6 is 0 Å². The van der Waals surface area contributed by atoms with E-state index in [-0.39, 0.29) is 5.41 Å². The van der Waals surface area contributed by atoms with Crippen molar-refractivity contribution >= 4 is 5.91 Å². The molecule has 2 fully saturated rings. The molecule has 18 heavy (non-hydrogen) atoms. The molecule has 1 saturated carbocycles. The number of nitrogens with one attached hydrogen (secondary N) is 2. The van der Waals surface area contributed by atoms with Crippen LogP contribution in [0.1, 0.15) is 64.7 Å². The van der Waals surface area contributed by atoms with Crippen LogP contribution in [-0.4, -0.2) is 25.0 Å². The molecule has 1 aliphatic carbocycles. The van der Waals surface area contributed by atoms with Gasteiger partial charge in [-0.3, -0.25) is 4.79 Å². The van der Waals surface area contributed by atoms with E-state index in [1.807, 2.05) is 0 Å². The third-order valence-electron chi connectivity index (χ3n) is 4.91. The molecular formula is C15H28N2O. The highest BCUT2D eigenvalue weighted by molar-refractivity contribution is 5.83. The van der Waals surface area contributed by atoms with Crippen molar-refractivity contribution in [2.45, 2.75) is 70.8 Å². The van der Waals surface area contributed by atoms with Crippen molar-refractivity contribution in [2.24, 2.45) is 5.41 Å². The fraction of sp³-hybridized carbons (Fsp3) is 0.933. The number of hydrogen-bond donors (Lipinski definition) is 2. The molecule has 1 saturated heterocycles. The molecule has 1 heterocycles.